The van der Waals surface area contributed by atoms with Gasteiger partial charge in [-0.05, 0) is 37.1 Å². The van der Waals surface area contributed by atoms with E-state index in [0.717, 1.165) is 11.3 Å². The fourth-order valence-electron chi connectivity index (χ4n) is 3.67. The van der Waals surface area contributed by atoms with E-state index in [1.165, 1.54) is 12.1 Å². The molecule has 2 aromatic rings. The lowest BCUT2D eigenvalue weighted by atomic mass is 10.0. The number of carbonyl (C=O) groups excluding carboxylic acids is 2. The van der Waals surface area contributed by atoms with Crippen molar-refractivity contribution in [3.8, 4) is 12.1 Å². The molecule has 0 bridgehead atoms. The number of hydrogen-bond donors (Lipinski definition) is 0. The molecule has 0 spiro atoms. The summed E-state index contributed by atoms with van der Waals surface area (Å²) in [5, 5.41) is 30.8. The van der Waals surface area contributed by atoms with Crippen molar-refractivity contribution in [1.82, 2.24) is 0 Å². The Balaban J connectivity index is 1.90. The molecule has 1 fully saturated rings. The number of morpholine rings is 1. The van der Waals surface area contributed by atoms with Gasteiger partial charge in [0.25, 0.3) is 5.69 Å². The SMILES string of the molecule is CCOC(=O)c1sc(CC(=O)/C(C#N)=C\c2ccc(N3CCOCC3)c([N+](=O)[O-])c2)c(C#N)c1C. The van der Waals surface area contributed by atoms with Gasteiger partial charge in [0.2, 0.25) is 0 Å². The molecule has 1 aliphatic rings. The molecule has 1 aromatic carbocycles. The van der Waals surface area contributed by atoms with Gasteiger partial charge in [0.1, 0.15) is 22.7 Å². The number of nitro benzene ring substituents is 1. The number of rotatable bonds is 8. The van der Waals surface area contributed by atoms with Crippen LogP contribution in [0.4, 0.5) is 11.4 Å². The number of ether oxygens (including phenoxy) is 2. The molecule has 0 aliphatic carbocycles. The first kappa shape index (κ1) is 25.6. The second kappa shape index (κ2) is 11.4. The topological polar surface area (TPSA) is 147 Å². The summed E-state index contributed by atoms with van der Waals surface area (Å²) in [6.45, 7) is 5.42. The molecule has 1 aliphatic heterocycles. The monoisotopic (exact) mass is 494 g/mol. The molecule has 1 aromatic heterocycles. The van der Waals surface area contributed by atoms with Crippen molar-refractivity contribution in [3.63, 3.8) is 0 Å². The van der Waals surface area contributed by atoms with Crippen molar-refractivity contribution in [2.24, 2.45) is 0 Å². The number of carbonyl (C=O) groups is 2. The van der Waals surface area contributed by atoms with Gasteiger partial charge in [-0.15, -0.1) is 11.3 Å². The van der Waals surface area contributed by atoms with Crippen LogP contribution in [0.1, 0.15) is 38.2 Å². The van der Waals surface area contributed by atoms with Gasteiger partial charge in [0.05, 0.1) is 35.9 Å². The first-order valence-electron chi connectivity index (χ1n) is 10.8. The van der Waals surface area contributed by atoms with Crippen LogP contribution in [-0.2, 0) is 20.7 Å². The molecule has 0 saturated carbocycles. The predicted molar refractivity (Wildman–Crippen MR) is 128 cm³/mol. The number of thiophene rings is 1. The summed E-state index contributed by atoms with van der Waals surface area (Å²) in [5.41, 5.74) is 1.05. The summed E-state index contributed by atoms with van der Waals surface area (Å²) < 4.78 is 10.3. The molecule has 0 N–H and O–H groups in total. The highest BCUT2D eigenvalue weighted by molar-refractivity contribution is 7.14. The molecule has 0 radical (unpaired) electrons. The Morgan fingerprint density at radius 1 is 1.31 bits per heavy atom. The van der Waals surface area contributed by atoms with Gasteiger partial charge in [0.15, 0.2) is 5.78 Å². The lowest BCUT2D eigenvalue weighted by molar-refractivity contribution is -0.384. The number of Topliss-reactive ketones (excluding diaryl/α,β-unsaturated/α-hetero) is 1. The normalized spacial score (nSPS) is 13.6. The standard InChI is InChI=1S/C24H22N4O6S/c1-3-34-24(30)23-15(2)18(14-26)22(35-23)12-21(29)17(13-25)10-16-4-5-19(20(11-16)28(31)32)27-6-8-33-9-7-27/h4-5,10-11H,3,6-9,12H2,1-2H3/b17-10-. The number of nitrogens with zero attached hydrogens (tertiary/aromatic N) is 4. The van der Waals surface area contributed by atoms with Crippen molar-refractivity contribution in [2.75, 3.05) is 37.8 Å². The maximum absolute atomic E-state index is 12.9. The van der Waals surface area contributed by atoms with Crippen molar-refractivity contribution < 1.29 is 24.0 Å². The summed E-state index contributed by atoms with van der Waals surface area (Å²) in [6, 6.07) is 8.38. The Morgan fingerprint density at radius 2 is 2.03 bits per heavy atom. The van der Waals surface area contributed by atoms with E-state index in [-0.39, 0.29) is 34.7 Å². The van der Waals surface area contributed by atoms with E-state index in [0.29, 0.717) is 48.0 Å². The molecular weight excluding hydrogens is 472 g/mol. The molecule has 1 saturated heterocycles. The fourth-order valence-corrected chi connectivity index (χ4v) is 4.81. The van der Waals surface area contributed by atoms with E-state index in [4.69, 9.17) is 9.47 Å². The van der Waals surface area contributed by atoms with Crippen LogP contribution in [0.5, 0.6) is 0 Å². The van der Waals surface area contributed by atoms with E-state index >= 15 is 0 Å². The minimum atomic E-state index is -0.575. The zero-order chi connectivity index (χ0) is 25.5. The van der Waals surface area contributed by atoms with Crippen molar-refractivity contribution in [2.45, 2.75) is 20.3 Å². The molecule has 180 valence electrons. The minimum Gasteiger partial charge on any atom is -0.462 e. The largest absolute Gasteiger partial charge is 0.462 e. The van der Waals surface area contributed by atoms with Crippen LogP contribution in [0.2, 0.25) is 0 Å². The number of nitriles is 2. The van der Waals surface area contributed by atoms with Crippen LogP contribution >= 0.6 is 11.3 Å². The molecule has 0 unspecified atom stereocenters. The molecule has 35 heavy (non-hydrogen) atoms. The van der Waals surface area contributed by atoms with Crippen molar-refractivity contribution >= 4 is 40.5 Å². The van der Waals surface area contributed by atoms with E-state index in [1.807, 2.05) is 17.0 Å². The van der Waals surface area contributed by atoms with E-state index in [1.54, 1.807) is 26.0 Å². The Labute approximate surface area is 205 Å². The molecule has 10 nitrogen and oxygen atoms in total. The van der Waals surface area contributed by atoms with E-state index in [2.05, 4.69) is 0 Å². The fraction of sp³-hybridized carbons (Fsp3) is 0.333. The number of anilines is 1. The summed E-state index contributed by atoms with van der Waals surface area (Å²) in [7, 11) is 0. The lowest BCUT2D eigenvalue weighted by Crippen LogP contribution is -2.36. The predicted octanol–water partition coefficient (Wildman–Crippen LogP) is 3.57. The molecular formula is C24H22N4O6S. The quantitative estimate of drug-likeness (QED) is 0.177. The molecule has 2 heterocycles. The van der Waals surface area contributed by atoms with Crippen molar-refractivity contribution in [1.29, 1.82) is 10.5 Å². The summed E-state index contributed by atoms with van der Waals surface area (Å²) in [5.74, 6) is -1.14. The number of benzene rings is 1. The molecule has 0 atom stereocenters. The number of esters is 1. The summed E-state index contributed by atoms with van der Waals surface area (Å²) in [6.07, 6.45) is 1.03. The smallest absolute Gasteiger partial charge is 0.348 e. The average Bonchev–Trinajstić information content (AvgIpc) is 3.17. The highest BCUT2D eigenvalue weighted by Gasteiger charge is 2.24. The lowest BCUT2D eigenvalue weighted by Gasteiger charge is -2.28. The molecule has 0 amide bonds. The van der Waals surface area contributed by atoms with Crippen LogP contribution in [0.25, 0.3) is 6.08 Å². The molecule has 3 rings (SSSR count). The maximum atomic E-state index is 12.9. The molecule has 11 heteroatoms. The van der Waals surface area contributed by atoms with Crippen LogP contribution in [0.3, 0.4) is 0 Å². The maximum Gasteiger partial charge on any atom is 0.348 e. The Morgan fingerprint density at radius 3 is 2.63 bits per heavy atom. The van der Waals surface area contributed by atoms with Gasteiger partial charge in [-0.25, -0.2) is 4.79 Å². The third kappa shape index (κ3) is 5.72. The van der Waals surface area contributed by atoms with Gasteiger partial charge >= 0.3 is 5.97 Å². The number of allylic oxidation sites excluding steroid dienone is 1. The first-order valence-corrected chi connectivity index (χ1v) is 11.6. The van der Waals surface area contributed by atoms with Gasteiger partial charge in [0, 0.05) is 30.5 Å². The number of nitro groups is 1. The Bertz CT molecular complexity index is 1280. The highest BCUT2D eigenvalue weighted by Crippen LogP contribution is 2.32. The minimum absolute atomic E-state index is 0.134. The van der Waals surface area contributed by atoms with Gasteiger partial charge in [-0.2, -0.15) is 10.5 Å². The van der Waals surface area contributed by atoms with Gasteiger partial charge in [-0.3, -0.25) is 14.9 Å². The zero-order valence-corrected chi connectivity index (χ0v) is 20.0. The average molecular weight is 495 g/mol. The van der Waals surface area contributed by atoms with Crippen LogP contribution in [0.15, 0.2) is 23.8 Å². The number of hydrogen-bond acceptors (Lipinski definition) is 10. The van der Waals surface area contributed by atoms with Crippen LogP contribution < -0.4 is 4.90 Å². The second-order valence-electron chi connectivity index (χ2n) is 7.56. The zero-order valence-electron chi connectivity index (χ0n) is 19.2. The number of ketones is 1. The second-order valence-corrected chi connectivity index (χ2v) is 8.67. The first-order chi connectivity index (χ1) is 16.8. The van der Waals surface area contributed by atoms with E-state index < -0.39 is 16.7 Å². The Kier molecular flexibility index (Phi) is 8.31. The van der Waals surface area contributed by atoms with Gasteiger partial charge < -0.3 is 14.4 Å². The van der Waals surface area contributed by atoms with Gasteiger partial charge in [-0.1, -0.05) is 6.07 Å². The highest BCUT2D eigenvalue weighted by atomic mass is 32.1. The van der Waals surface area contributed by atoms with Crippen LogP contribution in [0, 0.1) is 39.7 Å². The van der Waals surface area contributed by atoms with Crippen molar-refractivity contribution in [3.05, 3.63) is 60.3 Å². The summed E-state index contributed by atoms with van der Waals surface area (Å²) in [4.78, 5) is 38.7. The third-order valence-corrected chi connectivity index (χ3v) is 6.67. The van der Waals surface area contributed by atoms with E-state index in [9.17, 15) is 30.2 Å². The summed E-state index contributed by atoms with van der Waals surface area (Å²) >= 11 is 0.986. The van der Waals surface area contributed by atoms with Crippen LogP contribution in [-0.4, -0.2) is 49.6 Å². The Hall–Kier alpha value is -4.06. The third-order valence-electron chi connectivity index (χ3n) is 5.39.